The molecule has 0 saturated carbocycles. The highest BCUT2D eigenvalue weighted by Gasteiger charge is 2.23. The van der Waals surface area contributed by atoms with Crippen LogP contribution in [0.5, 0.6) is 0 Å². The quantitative estimate of drug-likeness (QED) is 0.591. The zero-order valence-corrected chi connectivity index (χ0v) is 13.6. The molecule has 1 atom stereocenters. The van der Waals surface area contributed by atoms with E-state index in [4.69, 9.17) is 10.5 Å². The molecule has 126 valence electrons. The Morgan fingerprint density at radius 3 is 2.46 bits per heavy atom. The van der Waals surface area contributed by atoms with Crippen molar-refractivity contribution < 1.29 is 19.4 Å². The van der Waals surface area contributed by atoms with Crippen LogP contribution in [0.25, 0.3) is 0 Å². The first-order valence-corrected chi connectivity index (χ1v) is 7.92. The monoisotopic (exact) mass is 327 g/mol. The summed E-state index contributed by atoms with van der Waals surface area (Å²) in [7, 11) is 0. The molecule has 0 spiro atoms. The number of hydrogen-bond acceptors (Lipinski definition) is 4. The van der Waals surface area contributed by atoms with E-state index >= 15 is 0 Å². The number of carbonyl (C=O) groups is 2. The number of anilines is 1. The molecule has 0 heterocycles. The lowest BCUT2D eigenvalue weighted by Crippen LogP contribution is -2.16. The van der Waals surface area contributed by atoms with Gasteiger partial charge < -0.3 is 15.6 Å². The number of carboxylic acids is 1. The van der Waals surface area contributed by atoms with Gasteiger partial charge in [0.25, 0.3) is 0 Å². The van der Waals surface area contributed by atoms with Crippen molar-refractivity contribution in [3.8, 4) is 0 Å². The van der Waals surface area contributed by atoms with Gasteiger partial charge in [-0.25, -0.2) is 9.59 Å². The maximum absolute atomic E-state index is 12.5. The summed E-state index contributed by atoms with van der Waals surface area (Å²) < 4.78 is 5.61. The Morgan fingerprint density at radius 1 is 1.12 bits per heavy atom. The number of nitrogens with two attached hydrogens (primary N) is 1. The average molecular weight is 327 g/mol. The predicted octanol–water partition coefficient (Wildman–Crippen LogP) is 4.06. The van der Waals surface area contributed by atoms with Crippen LogP contribution in [0, 0.1) is 0 Å². The van der Waals surface area contributed by atoms with Crippen molar-refractivity contribution >= 4 is 17.6 Å². The molecule has 1 unspecified atom stereocenters. The van der Waals surface area contributed by atoms with Crippen LogP contribution in [0.3, 0.4) is 0 Å². The number of benzene rings is 2. The number of ether oxygens (including phenoxy) is 1. The number of esters is 1. The molecule has 0 aliphatic rings. The zero-order valence-electron chi connectivity index (χ0n) is 13.6. The smallest absolute Gasteiger partial charge is 0.339 e. The second-order valence-corrected chi connectivity index (χ2v) is 5.52. The molecule has 0 saturated heterocycles. The minimum atomic E-state index is -1.25. The lowest BCUT2D eigenvalue weighted by molar-refractivity contribution is 0.0266. The molecule has 0 aliphatic carbocycles. The van der Waals surface area contributed by atoms with Gasteiger partial charge in [0.1, 0.15) is 6.10 Å². The van der Waals surface area contributed by atoms with Crippen molar-refractivity contribution in [2.45, 2.75) is 32.3 Å². The van der Waals surface area contributed by atoms with E-state index in [1.54, 1.807) is 6.07 Å². The first kappa shape index (κ1) is 17.5. The van der Waals surface area contributed by atoms with Crippen LogP contribution in [-0.2, 0) is 4.74 Å². The Morgan fingerprint density at radius 2 is 1.83 bits per heavy atom. The first-order valence-electron chi connectivity index (χ1n) is 7.92. The van der Waals surface area contributed by atoms with Crippen LogP contribution >= 0.6 is 0 Å². The zero-order chi connectivity index (χ0) is 17.5. The van der Waals surface area contributed by atoms with Gasteiger partial charge in [-0.3, -0.25) is 0 Å². The maximum atomic E-state index is 12.5. The third-order valence-electron chi connectivity index (χ3n) is 3.77. The van der Waals surface area contributed by atoms with E-state index in [9.17, 15) is 14.7 Å². The fraction of sp³-hybridized carbons (Fsp3) is 0.263. The predicted molar refractivity (Wildman–Crippen MR) is 91.9 cm³/mol. The molecule has 0 radical (unpaired) electrons. The SMILES string of the molecule is CCCCC(OC(=O)c1cccc(N)c1C(=O)O)c1ccccc1. The summed E-state index contributed by atoms with van der Waals surface area (Å²) in [5, 5.41) is 9.30. The van der Waals surface area contributed by atoms with Gasteiger partial charge in [-0.15, -0.1) is 0 Å². The van der Waals surface area contributed by atoms with Gasteiger partial charge >= 0.3 is 11.9 Å². The number of carboxylic acid groups (broad SMARTS) is 1. The number of carbonyl (C=O) groups excluding carboxylic acids is 1. The Labute approximate surface area is 141 Å². The molecule has 0 aliphatic heterocycles. The van der Waals surface area contributed by atoms with Crippen LogP contribution < -0.4 is 5.73 Å². The van der Waals surface area contributed by atoms with Gasteiger partial charge in [0.2, 0.25) is 0 Å². The van der Waals surface area contributed by atoms with Gasteiger partial charge in [0.15, 0.2) is 0 Å². The number of aromatic carboxylic acids is 1. The minimum Gasteiger partial charge on any atom is -0.478 e. The number of hydrogen-bond donors (Lipinski definition) is 2. The summed E-state index contributed by atoms with van der Waals surface area (Å²) in [5.74, 6) is -1.92. The summed E-state index contributed by atoms with van der Waals surface area (Å²) in [6.07, 6.45) is 2.13. The molecule has 5 heteroatoms. The van der Waals surface area contributed by atoms with Gasteiger partial charge in [-0.2, -0.15) is 0 Å². The molecule has 0 amide bonds. The van der Waals surface area contributed by atoms with Crippen molar-refractivity contribution in [3.05, 3.63) is 65.2 Å². The number of unbranched alkanes of at least 4 members (excludes halogenated alkanes) is 1. The second-order valence-electron chi connectivity index (χ2n) is 5.52. The molecule has 24 heavy (non-hydrogen) atoms. The normalized spacial score (nSPS) is 11.7. The highest BCUT2D eigenvalue weighted by Crippen LogP contribution is 2.26. The van der Waals surface area contributed by atoms with E-state index in [2.05, 4.69) is 6.92 Å². The third-order valence-corrected chi connectivity index (χ3v) is 3.77. The molecule has 0 fully saturated rings. The molecular formula is C19H21NO4. The average Bonchev–Trinajstić information content (AvgIpc) is 2.58. The summed E-state index contributed by atoms with van der Waals surface area (Å²) in [6, 6.07) is 13.9. The summed E-state index contributed by atoms with van der Waals surface area (Å²) >= 11 is 0. The Bertz CT molecular complexity index is 713. The third kappa shape index (κ3) is 4.13. The maximum Gasteiger partial charge on any atom is 0.339 e. The second kappa shape index (κ2) is 8.15. The van der Waals surface area contributed by atoms with Crippen LogP contribution in [-0.4, -0.2) is 17.0 Å². The fourth-order valence-electron chi connectivity index (χ4n) is 2.52. The van der Waals surface area contributed by atoms with Crippen molar-refractivity contribution in [2.75, 3.05) is 5.73 Å². The molecular weight excluding hydrogens is 306 g/mol. The Kier molecular flexibility index (Phi) is 5.95. The molecule has 0 bridgehead atoms. The number of nitrogen functional groups attached to an aromatic ring is 1. The van der Waals surface area contributed by atoms with Crippen LogP contribution in [0.4, 0.5) is 5.69 Å². The van der Waals surface area contributed by atoms with Crippen molar-refractivity contribution in [1.29, 1.82) is 0 Å². The van der Waals surface area contributed by atoms with Crippen LogP contribution in [0.15, 0.2) is 48.5 Å². The van der Waals surface area contributed by atoms with Gasteiger partial charge in [0, 0.05) is 5.69 Å². The minimum absolute atomic E-state index is 0.0278. The molecule has 0 aromatic heterocycles. The van der Waals surface area contributed by atoms with Crippen molar-refractivity contribution in [1.82, 2.24) is 0 Å². The fourth-order valence-corrected chi connectivity index (χ4v) is 2.52. The van der Waals surface area contributed by atoms with Gasteiger partial charge in [-0.05, 0) is 30.5 Å². The van der Waals surface area contributed by atoms with Crippen LogP contribution in [0.1, 0.15) is 58.6 Å². The van der Waals surface area contributed by atoms with E-state index in [-0.39, 0.29) is 16.8 Å². The van der Waals surface area contributed by atoms with Crippen molar-refractivity contribution in [2.24, 2.45) is 0 Å². The van der Waals surface area contributed by atoms with E-state index < -0.39 is 18.0 Å². The highest BCUT2D eigenvalue weighted by molar-refractivity contribution is 6.06. The van der Waals surface area contributed by atoms with E-state index in [0.29, 0.717) is 6.42 Å². The van der Waals surface area contributed by atoms with E-state index in [0.717, 1.165) is 18.4 Å². The largest absolute Gasteiger partial charge is 0.478 e. The van der Waals surface area contributed by atoms with Gasteiger partial charge in [0.05, 0.1) is 11.1 Å². The summed E-state index contributed by atoms with van der Waals surface area (Å²) in [5.41, 5.74) is 6.38. The summed E-state index contributed by atoms with van der Waals surface area (Å²) in [4.78, 5) is 23.9. The Hall–Kier alpha value is -2.82. The number of rotatable bonds is 7. The van der Waals surface area contributed by atoms with Crippen LogP contribution in [0.2, 0.25) is 0 Å². The first-order chi connectivity index (χ1) is 11.5. The lowest BCUT2D eigenvalue weighted by atomic mass is 10.0. The molecule has 2 aromatic rings. The molecule has 2 aromatic carbocycles. The molecule has 2 rings (SSSR count). The van der Waals surface area contributed by atoms with Crippen molar-refractivity contribution in [3.63, 3.8) is 0 Å². The Balaban J connectivity index is 2.28. The summed E-state index contributed by atoms with van der Waals surface area (Å²) in [6.45, 7) is 2.06. The molecule has 5 nitrogen and oxygen atoms in total. The van der Waals surface area contributed by atoms with Gasteiger partial charge in [-0.1, -0.05) is 49.7 Å². The molecule has 3 N–H and O–H groups in total. The topological polar surface area (TPSA) is 89.6 Å². The highest BCUT2D eigenvalue weighted by atomic mass is 16.5. The van der Waals surface area contributed by atoms with E-state index in [1.165, 1.54) is 12.1 Å². The standard InChI is InChI=1S/C19H21NO4/c1-2-3-12-16(13-8-5-4-6-9-13)24-19(23)14-10-7-11-15(20)17(14)18(21)22/h4-11,16H,2-3,12,20H2,1H3,(H,21,22). The van der Waals surface area contributed by atoms with E-state index in [1.807, 2.05) is 30.3 Å². The lowest BCUT2D eigenvalue weighted by Gasteiger charge is -2.19.